The van der Waals surface area contributed by atoms with E-state index in [1.807, 2.05) is 4.90 Å². The fraction of sp³-hybridized carbons (Fsp3) is 0.455. The number of rotatable bonds is 3. The Morgan fingerprint density at radius 3 is 2.90 bits per heavy atom. The van der Waals surface area contributed by atoms with Gasteiger partial charge in [-0.15, -0.1) is 0 Å². The summed E-state index contributed by atoms with van der Waals surface area (Å²) in [5, 5.41) is 0. The topological polar surface area (TPSA) is 66.4 Å². The highest BCUT2D eigenvalue weighted by Gasteiger charge is 2.30. The molecule has 1 fully saturated rings. The summed E-state index contributed by atoms with van der Waals surface area (Å²) in [7, 11) is 0. The zero-order chi connectivity index (χ0) is 20.4. The molecule has 0 spiro atoms. The molecule has 0 saturated carbocycles. The summed E-state index contributed by atoms with van der Waals surface area (Å²) in [4.78, 5) is 37.6. The molecule has 2 amide bonds. The van der Waals surface area contributed by atoms with E-state index in [-0.39, 0.29) is 30.1 Å². The van der Waals surface area contributed by atoms with Gasteiger partial charge in [0.2, 0.25) is 11.8 Å². The van der Waals surface area contributed by atoms with E-state index in [0.717, 1.165) is 37.1 Å². The van der Waals surface area contributed by atoms with E-state index in [1.165, 1.54) is 12.1 Å². The Labute approximate surface area is 169 Å². The van der Waals surface area contributed by atoms with E-state index >= 15 is 0 Å². The number of benzene rings is 1. The second-order valence-corrected chi connectivity index (χ2v) is 7.80. The average molecular weight is 396 g/mol. The van der Waals surface area contributed by atoms with Crippen molar-refractivity contribution in [3.05, 3.63) is 58.9 Å². The molecule has 2 aliphatic rings. The maximum Gasteiger partial charge on any atom is 0.227 e. The Morgan fingerprint density at radius 1 is 1.24 bits per heavy atom. The normalized spacial score (nSPS) is 19.0. The van der Waals surface area contributed by atoms with E-state index in [0.29, 0.717) is 30.9 Å². The summed E-state index contributed by atoms with van der Waals surface area (Å²) in [5.74, 6) is 0.409. The Kier molecular flexibility index (Phi) is 5.56. The van der Waals surface area contributed by atoms with E-state index in [9.17, 15) is 14.0 Å². The van der Waals surface area contributed by atoms with Crippen LogP contribution in [0.25, 0.3) is 0 Å². The molecule has 2 aliphatic heterocycles. The fourth-order valence-electron chi connectivity index (χ4n) is 4.22. The molecule has 1 saturated heterocycles. The molecule has 0 N–H and O–H groups in total. The van der Waals surface area contributed by atoms with Crippen LogP contribution >= 0.6 is 0 Å². The predicted molar refractivity (Wildman–Crippen MR) is 105 cm³/mol. The van der Waals surface area contributed by atoms with Crippen molar-refractivity contribution in [1.82, 2.24) is 19.8 Å². The summed E-state index contributed by atoms with van der Waals surface area (Å²) < 4.78 is 13.4. The third kappa shape index (κ3) is 4.28. The van der Waals surface area contributed by atoms with Crippen LogP contribution in [0.1, 0.15) is 54.9 Å². The quantitative estimate of drug-likeness (QED) is 0.800. The highest BCUT2D eigenvalue weighted by Crippen LogP contribution is 2.30. The van der Waals surface area contributed by atoms with Crippen molar-refractivity contribution in [2.45, 2.75) is 51.6 Å². The van der Waals surface area contributed by atoms with Crippen LogP contribution in [0.3, 0.4) is 0 Å². The lowest BCUT2D eigenvalue weighted by Crippen LogP contribution is -2.39. The van der Waals surface area contributed by atoms with E-state index in [2.05, 4.69) is 4.98 Å². The van der Waals surface area contributed by atoms with Crippen LogP contribution in [-0.4, -0.2) is 44.7 Å². The number of amides is 2. The van der Waals surface area contributed by atoms with Gasteiger partial charge in [0, 0.05) is 44.7 Å². The standard InChI is InChI=1S/C22H25FN4O2/c1-15(28)27-9-3-2-7-20(27)22-24-13-17-14-26(10-8-19(17)25-22)21(29)12-16-5-4-6-18(23)11-16/h4-6,11,13,20H,2-3,7-10,12,14H2,1H3. The first-order valence-corrected chi connectivity index (χ1v) is 10.2. The van der Waals surface area contributed by atoms with Crippen LogP contribution < -0.4 is 0 Å². The van der Waals surface area contributed by atoms with Crippen LogP contribution in [0.4, 0.5) is 4.39 Å². The van der Waals surface area contributed by atoms with Gasteiger partial charge in [-0.2, -0.15) is 0 Å². The molecular formula is C22H25FN4O2. The summed E-state index contributed by atoms with van der Waals surface area (Å²) in [5.41, 5.74) is 2.57. The Balaban J connectivity index is 1.46. The average Bonchev–Trinajstić information content (AvgIpc) is 2.73. The smallest absolute Gasteiger partial charge is 0.227 e. The van der Waals surface area contributed by atoms with Crippen LogP contribution in [-0.2, 0) is 29.0 Å². The SMILES string of the molecule is CC(=O)N1CCCCC1c1ncc2c(n1)CCN(C(=O)Cc1cccc(F)c1)C2. The molecule has 1 atom stereocenters. The van der Waals surface area contributed by atoms with Crippen molar-refractivity contribution in [3.63, 3.8) is 0 Å². The van der Waals surface area contributed by atoms with E-state index < -0.39 is 0 Å². The van der Waals surface area contributed by atoms with Gasteiger partial charge >= 0.3 is 0 Å². The third-order valence-corrected chi connectivity index (χ3v) is 5.75. The third-order valence-electron chi connectivity index (χ3n) is 5.75. The first-order valence-electron chi connectivity index (χ1n) is 10.2. The monoisotopic (exact) mass is 396 g/mol. The van der Waals surface area contributed by atoms with Gasteiger partial charge < -0.3 is 9.80 Å². The molecule has 6 nitrogen and oxygen atoms in total. The molecule has 7 heteroatoms. The van der Waals surface area contributed by atoms with Crippen molar-refractivity contribution >= 4 is 11.8 Å². The molecule has 2 aromatic rings. The van der Waals surface area contributed by atoms with Gasteiger partial charge in [-0.25, -0.2) is 14.4 Å². The molecule has 3 heterocycles. The molecule has 29 heavy (non-hydrogen) atoms. The zero-order valence-corrected chi connectivity index (χ0v) is 16.6. The maximum atomic E-state index is 13.4. The number of aromatic nitrogens is 2. The highest BCUT2D eigenvalue weighted by atomic mass is 19.1. The summed E-state index contributed by atoms with van der Waals surface area (Å²) in [6.45, 7) is 3.39. The maximum absolute atomic E-state index is 13.4. The minimum absolute atomic E-state index is 0.0274. The fourth-order valence-corrected chi connectivity index (χ4v) is 4.22. The van der Waals surface area contributed by atoms with E-state index in [1.54, 1.807) is 30.2 Å². The number of nitrogens with zero attached hydrogens (tertiary/aromatic N) is 4. The van der Waals surface area contributed by atoms with Crippen molar-refractivity contribution in [3.8, 4) is 0 Å². The number of likely N-dealkylation sites (tertiary alicyclic amines) is 1. The zero-order valence-electron chi connectivity index (χ0n) is 16.6. The van der Waals surface area contributed by atoms with Gasteiger partial charge in [-0.05, 0) is 37.0 Å². The van der Waals surface area contributed by atoms with Gasteiger partial charge in [-0.1, -0.05) is 12.1 Å². The minimum Gasteiger partial charge on any atom is -0.338 e. The number of carbonyl (C=O) groups is 2. The molecule has 1 aromatic heterocycles. The van der Waals surface area contributed by atoms with Crippen molar-refractivity contribution in [1.29, 1.82) is 0 Å². The van der Waals surface area contributed by atoms with E-state index in [4.69, 9.17) is 4.98 Å². The number of carbonyl (C=O) groups excluding carboxylic acids is 2. The lowest BCUT2D eigenvalue weighted by molar-refractivity contribution is -0.133. The number of fused-ring (bicyclic) bond motifs is 1. The van der Waals surface area contributed by atoms with Gasteiger partial charge in [-0.3, -0.25) is 9.59 Å². The highest BCUT2D eigenvalue weighted by molar-refractivity contribution is 5.79. The molecule has 0 aliphatic carbocycles. The first-order chi connectivity index (χ1) is 14.0. The van der Waals surface area contributed by atoms with Gasteiger partial charge in [0.25, 0.3) is 0 Å². The van der Waals surface area contributed by atoms with Crippen LogP contribution in [0.5, 0.6) is 0 Å². The molecule has 1 aromatic carbocycles. The Bertz CT molecular complexity index is 933. The van der Waals surface area contributed by atoms with Crippen LogP contribution in [0, 0.1) is 5.82 Å². The summed E-state index contributed by atoms with van der Waals surface area (Å²) in [6, 6.07) is 6.10. The summed E-state index contributed by atoms with van der Waals surface area (Å²) in [6.07, 6.45) is 5.61. The van der Waals surface area contributed by atoms with Gasteiger partial charge in [0.05, 0.1) is 18.2 Å². The lowest BCUT2D eigenvalue weighted by atomic mass is 10.00. The predicted octanol–water partition coefficient (Wildman–Crippen LogP) is 2.82. The number of halogens is 1. The first kappa shape index (κ1) is 19.5. The van der Waals surface area contributed by atoms with Crippen LogP contribution in [0.15, 0.2) is 30.5 Å². The molecule has 152 valence electrons. The largest absolute Gasteiger partial charge is 0.338 e. The second-order valence-electron chi connectivity index (χ2n) is 7.80. The molecule has 0 radical (unpaired) electrons. The van der Waals surface area contributed by atoms with Crippen molar-refractivity contribution in [2.24, 2.45) is 0 Å². The van der Waals surface area contributed by atoms with Gasteiger partial charge in [0.15, 0.2) is 5.82 Å². The minimum atomic E-state index is -0.331. The molecule has 1 unspecified atom stereocenters. The molecule has 0 bridgehead atoms. The second kappa shape index (κ2) is 8.27. The van der Waals surface area contributed by atoms with Crippen LogP contribution in [0.2, 0.25) is 0 Å². The Morgan fingerprint density at radius 2 is 2.10 bits per heavy atom. The number of hydrogen-bond donors (Lipinski definition) is 0. The Hall–Kier alpha value is -2.83. The van der Waals surface area contributed by atoms with Gasteiger partial charge in [0.1, 0.15) is 5.82 Å². The number of piperidine rings is 1. The summed E-state index contributed by atoms with van der Waals surface area (Å²) >= 11 is 0. The van der Waals surface area contributed by atoms with Crippen molar-refractivity contribution in [2.75, 3.05) is 13.1 Å². The molecule has 4 rings (SSSR count). The number of hydrogen-bond acceptors (Lipinski definition) is 4. The molecular weight excluding hydrogens is 371 g/mol. The lowest BCUT2D eigenvalue weighted by Gasteiger charge is -2.35. The van der Waals surface area contributed by atoms with Crippen molar-refractivity contribution < 1.29 is 14.0 Å².